The van der Waals surface area contributed by atoms with Crippen LogP contribution in [0.4, 0.5) is 0 Å². The Morgan fingerprint density at radius 3 is 1.76 bits per heavy atom. The van der Waals surface area contributed by atoms with Gasteiger partial charge in [-0.2, -0.15) is 0 Å². The monoisotopic (exact) mass is 228 g/mol. The molecule has 4 aliphatic rings. The number of allylic oxidation sites excluding steroid dienone is 4. The zero-order chi connectivity index (χ0) is 11.6. The maximum Gasteiger partial charge on any atom is 0.224 e. The second-order valence-corrected chi connectivity index (χ2v) is 4.29. The smallest absolute Gasteiger partial charge is 0.224 e. The standard InChI is InChI=1S/C13H8O4/c14-9-3-4-10(15)12-8-2-1-7(11(9)12)13(8)16-5-6-17-13/h1-4H,5-6H2. The lowest BCUT2D eigenvalue weighted by Gasteiger charge is -2.22. The van der Waals surface area contributed by atoms with Crippen LogP contribution in [0, 0.1) is 0 Å². The van der Waals surface area contributed by atoms with Gasteiger partial charge in [-0.05, 0) is 12.2 Å². The van der Waals surface area contributed by atoms with Crippen LogP contribution >= 0.6 is 0 Å². The van der Waals surface area contributed by atoms with Crippen molar-refractivity contribution in [2.75, 3.05) is 13.2 Å². The van der Waals surface area contributed by atoms with E-state index in [0.29, 0.717) is 35.5 Å². The van der Waals surface area contributed by atoms with Gasteiger partial charge in [0.15, 0.2) is 11.6 Å². The molecular weight excluding hydrogens is 220 g/mol. The van der Waals surface area contributed by atoms with Crippen molar-refractivity contribution in [3.8, 4) is 0 Å². The van der Waals surface area contributed by atoms with Gasteiger partial charge in [0.1, 0.15) is 0 Å². The van der Waals surface area contributed by atoms with Gasteiger partial charge in [-0.25, -0.2) is 0 Å². The normalized spacial score (nSPS) is 28.0. The fourth-order valence-electron chi connectivity index (χ4n) is 2.85. The average Bonchev–Trinajstić information content (AvgIpc) is 3.01. The Kier molecular flexibility index (Phi) is 1.48. The van der Waals surface area contributed by atoms with Crippen molar-refractivity contribution in [1.82, 2.24) is 0 Å². The van der Waals surface area contributed by atoms with Crippen LogP contribution in [-0.2, 0) is 19.1 Å². The van der Waals surface area contributed by atoms with Crippen molar-refractivity contribution < 1.29 is 19.1 Å². The van der Waals surface area contributed by atoms with Gasteiger partial charge in [0.2, 0.25) is 5.79 Å². The Hall–Kier alpha value is -1.78. The van der Waals surface area contributed by atoms with Gasteiger partial charge in [-0.1, -0.05) is 12.2 Å². The van der Waals surface area contributed by atoms with E-state index in [4.69, 9.17) is 9.47 Å². The Labute approximate surface area is 96.9 Å². The van der Waals surface area contributed by atoms with Gasteiger partial charge in [-0.3, -0.25) is 9.59 Å². The van der Waals surface area contributed by atoms with E-state index in [1.54, 1.807) is 0 Å². The Morgan fingerprint density at radius 1 is 0.824 bits per heavy atom. The maximum atomic E-state index is 11.9. The number of fused-ring (bicyclic) bond motifs is 1. The molecule has 0 aromatic rings. The first-order valence-electron chi connectivity index (χ1n) is 5.47. The number of hydrogen-bond acceptors (Lipinski definition) is 4. The van der Waals surface area contributed by atoms with Crippen LogP contribution in [0.5, 0.6) is 0 Å². The molecule has 0 aromatic heterocycles. The summed E-state index contributed by atoms with van der Waals surface area (Å²) < 4.78 is 11.3. The van der Waals surface area contributed by atoms with Crippen LogP contribution in [0.15, 0.2) is 46.6 Å². The minimum atomic E-state index is -0.970. The molecule has 0 unspecified atom stereocenters. The zero-order valence-corrected chi connectivity index (χ0v) is 8.86. The first-order chi connectivity index (χ1) is 8.24. The summed E-state index contributed by atoms with van der Waals surface area (Å²) in [4.78, 5) is 23.8. The van der Waals surface area contributed by atoms with Gasteiger partial charge in [-0.15, -0.1) is 0 Å². The van der Waals surface area contributed by atoms with Crippen LogP contribution in [0.3, 0.4) is 0 Å². The summed E-state index contributed by atoms with van der Waals surface area (Å²) in [6.45, 7) is 0.954. The molecule has 2 bridgehead atoms. The summed E-state index contributed by atoms with van der Waals surface area (Å²) in [6.07, 6.45) is 6.24. The molecule has 1 saturated heterocycles. The first kappa shape index (κ1) is 9.27. The third-order valence-electron chi connectivity index (χ3n) is 3.49. The third kappa shape index (κ3) is 0.877. The SMILES string of the molecule is O=C1C=CC(=O)C2=C3C=CC(=C12)C31OCCO1. The average molecular weight is 228 g/mol. The van der Waals surface area contributed by atoms with Crippen molar-refractivity contribution in [3.63, 3.8) is 0 Å². The number of ketones is 2. The van der Waals surface area contributed by atoms with E-state index >= 15 is 0 Å². The van der Waals surface area contributed by atoms with E-state index in [0.717, 1.165) is 0 Å². The van der Waals surface area contributed by atoms with E-state index in [-0.39, 0.29) is 11.6 Å². The van der Waals surface area contributed by atoms with Crippen molar-refractivity contribution in [1.29, 1.82) is 0 Å². The van der Waals surface area contributed by atoms with E-state index in [1.165, 1.54) is 12.2 Å². The summed E-state index contributed by atoms with van der Waals surface area (Å²) in [5.41, 5.74) is 2.28. The Balaban J connectivity index is 2.06. The first-order valence-corrected chi connectivity index (χ1v) is 5.47. The highest BCUT2D eigenvalue weighted by atomic mass is 16.7. The number of ether oxygens (including phenoxy) is 2. The highest BCUT2D eigenvalue weighted by Gasteiger charge is 2.55. The van der Waals surface area contributed by atoms with E-state index < -0.39 is 5.79 Å². The number of carbonyl (C=O) groups is 2. The van der Waals surface area contributed by atoms with Crippen LogP contribution < -0.4 is 0 Å². The second-order valence-electron chi connectivity index (χ2n) is 4.29. The van der Waals surface area contributed by atoms with Crippen molar-refractivity contribution in [3.05, 3.63) is 46.6 Å². The summed E-state index contributed by atoms with van der Waals surface area (Å²) in [5.74, 6) is -1.26. The maximum absolute atomic E-state index is 11.9. The topological polar surface area (TPSA) is 52.6 Å². The largest absolute Gasteiger partial charge is 0.340 e. The molecule has 0 N–H and O–H groups in total. The summed E-state index contributed by atoms with van der Waals surface area (Å²) in [6, 6.07) is 0. The van der Waals surface area contributed by atoms with Gasteiger partial charge >= 0.3 is 0 Å². The molecule has 1 aliphatic heterocycles. The molecule has 4 nitrogen and oxygen atoms in total. The van der Waals surface area contributed by atoms with Gasteiger partial charge < -0.3 is 9.47 Å². The third-order valence-corrected chi connectivity index (χ3v) is 3.49. The molecule has 0 atom stereocenters. The van der Waals surface area contributed by atoms with Gasteiger partial charge in [0.05, 0.1) is 13.2 Å². The number of rotatable bonds is 0. The van der Waals surface area contributed by atoms with Gasteiger partial charge in [0.25, 0.3) is 0 Å². The van der Waals surface area contributed by atoms with E-state index in [1.807, 2.05) is 12.2 Å². The molecule has 17 heavy (non-hydrogen) atoms. The van der Waals surface area contributed by atoms with Crippen LogP contribution in [0.25, 0.3) is 0 Å². The fourth-order valence-corrected chi connectivity index (χ4v) is 2.85. The lowest BCUT2D eigenvalue weighted by Crippen LogP contribution is -2.29. The zero-order valence-electron chi connectivity index (χ0n) is 8.86. The molecule has 4 heteroatoms. The Morgan fingerprint density at radius 2 is 1.29 bits per heavy atom. The number of hydrogen-bond donors (Lipinski definition) is 0. The Bertz CT molecular complexity index is 549. The molecule has 1 spiro atoms. The molecular formula is C13H8O4. The minimum Gasteiger partial charge on any atom is -0.340 e. The van der Waals surface area contributed by atoms with Crippen LogP contribution in [0.2, 0.25) is 0 Å². The van der Waals surface area contributed by atoms with Crippen molar-refractivity contribution >= 4 is 11.6 Å². The highest BCUT2D eigenvalue weighted by Crippen LogP contribution is 2.52. The molecule has 0 saturated carbocycles. The molecule has 84 valence electrons. The number of carbonyl (C=O) groups excluding carboxylic acids is 2. The molecule has 1 fully saturated rings. The molecule has 0 aromatic carbocycles. The molecule has 3 aliphatic carbocycles. The summed E-state index contributed by atoms with van der Waals surface area (Å²) >= 11 is 0. The van der Waals surface area contributed by atoms with Gasteiger partial charge in [0, 0.05) is 22.3 Å². The fraction of sp³-hybridized carbons (Fsp3) is 0.231. The van der Waals surface area contributed by atoms with Crippen LogP contribution in [0.1, 0.15) is 0 Å². The lowest BCUT2D eigenvalue weighted by molar-refractivity contribution is -0.115. The predicted molar refractivity (Wildman–Crippen MR) is 57.0 cm³/mol. The molecule has 1 heterocycles. The van der Waals surface area contributed by atoms with E-state index in [2.05, 4.69) is 0 Å². The summed E-state index contributed by atoms with van der Waals surface area (Å²) in [5, 5.41) is 0. The highest BCUT2D eigenvalue weighted by molar-refractivity contribution is 6.27. The van der Waals surface area contributed by atoms with Crippen molar-refractivity contribution in [2.45, 2.75) is 5.79 Å². The molecule has 0 radical (unpaired) electrons. The van der Waals surface area contributed by atoms with E-state index in [9.17, 15) is 9.59 Å². The molecule has 0 amide bonds. The molecule has 4 rings (SSSR count). The quantitative estimate of drug-likeness (QED) is 0.609. The van der Waals surface area contributed by atoms with Crippen LogP contribution in [-0.4, -0.2) is 30.6 Å². The summed E-state index contributed by atoms with van der Waals surface area (Å²) in [7, 11) is 0. The second kappa shape index (κ2) is 2.72. The minimum absolute atomic E-state index is 0.146. The lowest BCUT2D eigenvalue weighted by atomic mass is 9.90. The van der Waals surface area contributed by atoms with Crippen molar-refractivity contribution in [2.24, 2.45) is 0 Å². The predicted octanol–water partition coefficient (Wildman–Crippen LogP) is 0.614.